The first-order valence-electron chi connectivity index (χ1n) is 7.37. The van der Waals surface area contributed by atoms with Crippen LogP contribution in [0.5, 0.6) is 0 Å². The van der Waals surface area contributed by atoms with E-state index in [0.29, 0.717) is 24.4 Å². The van der Waals surface area contributed by atoms with Crippen molar-refractivity contribution in [2.24, 2.45) is 5.92 Å². The van der Waals surface area contributed by atoms with E-state index < -0.39 is 0 Å². The van der Waals surface area contributed by atoms with Crippen molar-refractivity contribution in [2.75, 3.05) is 25.0 Å². The van der Waals surface area contributed by atoms with Gasteiger partial charge in [0, 0.05) is 18.2 Å². The monoisotopic (exact) mass is 292 g/mol. The van der Waals surface area contributed by atoms with E-state index in [1.165, 1.54) is 0 Å². The Labute approximate surface area is 126 Å². The van der Waals surface area contributed by atoms with Gasteiger partial charge in [0.1, 0.15) is 0 Å². The van der Waals surface area contributed by atoms with E-state index in [0.717, 1.165) is 13.0 Å². The van der Waals surface area contributed by atoms with Gasteiger partial charge in [-0.3, -0.25) is 4.79 Å². The number of hydrogen-bond donors (Lipinski definition) is 2. The molecular formula is C16H24N2O3. The van der Waals surface area contributed by atoms with Crippen LogP contribution in [0.15, 0.2) is 24.3 Å². The Bertz CT molecular complexity index is 457. The zero-order chi connectivity index (χ0) is 15.7. The van der Waals surface area contributed by atoms with Crippen LogP contribution in [0, 0.1) is 5.92 Å². The predicted molar refractivity (Wildman–Crippen MR) is 83.4 cm³/mol. The van der Waals surface area contributed by atoms with E-state index in [4.69, 9.17) is 4.74 Å². The summed E-state index contributed by atoms with van der Waals surface area (Å²) in [5.74, 6) is -0.494. The molecule has 0 radical (unpaired) electrons. The molecule has 1 aromatic carbocycles. The lowest BCUT2D eigenvalue weighted by atomic mass is 10.1. The van der Waals surface area contributed by atoms with E-state index in [2.05, 4.69) is 10.6 Å². The summed E-state index contributed by atoms with van der Waals surface area (Å²) < 4.78 is 5.05. The molecule has 0 aliphatic heterocycles. The van der Waals surface area contributed by atoms with E-state index in [9.17, 15) is 9.59 Å². The van der Waals surface area contributed by atoms with Gasteiger partial charge in [-0.25, -0.2) is 4.79 Å². The first-order chi connectivity index (χ1) is 10.1. The lowest BCUT2D eigenvalue weighted by Crippen LogP contribution is -2.30. The van der Waals surface area contributed by atoms with Crippen LogP contribution in [0.1, 0.15) is 37.6 Å². The van der Waals surface area contributed by atoms with Crippen molar-refractivity contribution in [3.05, 3.63) is 29.8 Å². The first-order valence-corrected chi connectivity index (χ1v) is 7.37. The second-order valence-corrected chi connectivity index (χ2v) is 4.91. The number of amides is 1. The maximum atomic E-state index is 11.9. The summed E-state index contributed by atoms with van der Waals surface area (Å²) in [4.78, 5) is 23.6. The summed E-state index contributed by atoms with van der Waals surface area (Å²) in [7, 11) is 0. The van der Waals surface area contributed by atoms with Crippen molar-refractivity contribution in [1.82, 2.24) is 5.32 Å². The number of carbonyl (C=O) groups is 2. The molecule has 1 atom stereocenters. The average molecular weight is 292 g/mol. The molecule has 0 fully saturated rings. The lowest BCUT2D eigenvalue weighted by molar-refractivity contribution is -0.119. The molecule has 21 heavy (non-hydrogen) atoms. The van der Waals surface area contributed by atoms with Crippen LogP contribution >= 0.6 is 0 Å². The highest BCUT2D eigenvalue weighted by molar-refractivity contribution is 5.94. The molecule has 0 saturated carbocycles. The largest absolute Gasteiger partial charge is 0.462 e. The number of hydrogen-bond acceptors (Lipinski definition) is 4. The maximum Gasteiger partial charge on any atom is 0.338 e. The van der Waals surface area contributed by atoms with Crippen LogP contribution in [-0.4, -0.2) is 31.6 Å². The van der Waals surface area contributed by atoms with Crippen molar-refractivity contribution in [3.63, 3.8) is 0 Å². The fourth-order valence-electron chi connectivity index (χ4n) is 1.69. The zero-order valence-electron chi connectivity index (χ0n) is 12.9. The molecule has 5 nitrogen and oxygen atoms in total. The Morgan fingerprint density at radius 3 is 2.43 bits per heavy atom. The highest BCUT2D eigenvalue weighted by Gasteiger charge is 2.13. The standard InChI is InChI=1S/C16H24N2O3/c1-4-10-21-16(20)13-6-8-14(9-7-13)18-15(19)12(3)11-17-5-2/h6-9,12,17H,4-5,10-11H2,1-3H3,(H,18,19). The minimum Gasteiger partial charge on any atom is -0.462 e. The SMILES string of the molecule is CCCOC(=O)c1ccc(NC(=O)C(C)CNCC)cc1. The Balaban J connectivity index is 2.54. The van der Waals surface area contributed by atoms with Gasteiger partial charge in [0.25, 0.3) is 0 Å². The number of rotatable bonds is 8. The summed E-state index contributed by atoms with van der Waals surface area (Å²) in [5, 5.41) is 5.97. The van der Waals surface area contributed by atoms with Crippen LogP contribution in [0.2, 0.25) is 0 Å². The third kappa shape index (κ3) is 5.95. The third-order valence-corrected chi connectivity index (χ3v) is 2.97. The number of ether oxygens (including phenoxy) is 1. The number of anilines is 1. The van der Waals surface area contributed by atoms with Gasteiger partial charge < -0.3 is 15.4 Å². The van der Waals surface area contributed by atoms with Gasteiger partial charge in [-0.2, -0.15) is 0 Å². The molecule has 1 aromatic rings. The number of nitrogens with one attached hydrogen (secondary N) is 2. The van der Waals surface area contributed by atoms with Crippen LogP contribution in [0.25, 0.3) is 0 Å². The minimum atomic E-state index is -0.338. The van der Waals surface area contributed by atoms with Crippen LogP contribution < -0.4 is 10.6 Å². The van der Waals surface area contributed by atoms with E-state index in [-0.39, 0.29) is 17.8 Å². The summed E-state index contributed by atoms with van der Waals surface area (Å²) in [6, 6.07) is 6.73. The normalized spacial score (nSPS) is 11.8. The number of benzene rings is 1. The van der Waals surface area contributed by atoms with Crippen molar-refractivity contribution in [2.45, 2.75) is 27.2 Å². The van der Waals surface area contributed by atoms with E-state index in [1.807, 2.05) is 20.8 Å². The van der Waals surface area contributed by atoms with Gasteiger partial charge in [0.2, 0.25) is 5.91 Å². The van der Waals surface area contributed by atoms with Gasteiger partial charge in [-0.15, -0.1) is 0 Å². The second kappa shape index (κ2) is 9.13. The molecule has 0 aromatic heterocycles. The van der Waals surface area contributed by atoms with Crippen LogP contribution in [0.3, 0.4) is 0 Å². The molecule has 1 unspecified atom stereocenters. The van der Waals surface area contributed by atoms with Crippen molar-refractivity contribution >= 4 is 17.6 Å². The van der Waals surface area contributed by atoms with Gasteiger partial charge in [0.05, 0.1) is 12.2 Å². The number of carbonyl (C=O) groups excluding carboxylic acids is 2. The zero-order valence-corrected chi connectivity index (χ0v) is 12.9. The molecule has 0 spiro atoms. The molecule has 0 heterocycles. The Morgan fingerprint density at radius 1 is 1.19 bits per heavy atom. The molecule has 1 amide bonds. The molecule has 1 rings (SSSR count). The molecule has 0 bridgehead atoms. The third-order valence-electron chi connectivity index (χ3n) is 2.97. The van der Waals surface area contributed by atoms with Crippen LogP contribution in [0.4, 0.5) is 5.69 Å². The van der Waals surface area contributed by atoms with Gasteiger partial charge >= 0.3 is 5.97 Å². The second-order valence-electron chi connectivity index (χ2n) is 4.91. The lowest BCUT2D eigenvalue weighted by Gasteiger charge is -2.12. The van der Waals surface area contributed by atoms with Gasteiger partial charge in [-0.1, -0.05) is 20.8 Å². The topological polar surface area (TPSA) is 67.4 Å². The molecule has 0 aliphatic carbocycles. The molecule has 2 N–H and O–H groups in total. The Kier molecular flexibility index (Phi) is 7.46. The first kappa shape index (κ1) is 17.2. The van der Waals surface area contributed by atoms with Crippen LogP contribution in [-0.2, 0) is 9.53 Å². The summed E-state index contributed by atoms with van der Waals surface area (Å²) >= 11 is 0. The highest BCUT2D eigenvalue weighted by atomic mass is 16.5. The highest BCUT2D eigenvalue weighted by Crippen LogP contribution is 2.12. The van der Waals surface area contributed by atoms with Crippen molar-refractivity contribution in [1.29, 1.82) is 0 Å². The molecule has 5 heteroatoms. The van der Waals surface area contributed by atoms with Crippen molar-refractivity contribution in [3.8, 4) is 0 Å². The molecule has 0 aliphatic rings. The minimum absolute atomic E-state index is 0.0442. The maximum absolute atomic E-state index is 11.9. The molecular weight excluding hydrogens is 268 g/mol. The average Bonchev–Trinajstić information content (AvgIpc) is 2.50. The van der Waals surface area contributed by atoms with E-state index >= 15 is 0 Å². The number of esters is 1. The predicted octanol–water partition coefficient (Wildman–Crippen LogP) is 2.44. The fraction of sp³-hybridized carbons (Fsp3) is 0.500. The summed E-state index contributed by atoms with van der Waals surface area (Å²) in [5.41, 5.74) is 1.16. The Hall–Kier alpha value is -1.88. The van der Waals surface area contributed by atoms with Gasteiger partial charge in [0.15, 0.2) is 0 Å². The van der Waals surface area contributed by atoms with Gasteiger partial charge in [-0.05, 0) is 37.2 Å². The summed E-state index contributed by atoms with van der Waals surface area (Å²) in [6.45, 7) is 7.71. The quantitative estimate of drug-likeness (QED) is 0.722. The van der Waals surface area contributed by atoms with Crippen molar-refractivity contribution < 1.29 is 14.3 Å². The Morgan fingerprint density at radius 2 is 1.86 bits per heavy atom. The van der Waals surface area contributed by atoms with E-state index in [1.54, 1.807) is 24.3 Å². The summed E-state index contributed by atoms with van der Waals surface area (Å²) in [6.07, 6.45) is 0.795. The molecule has 0 saturated heterocycles. The fourth-order valence-corrected chi connectivity index (χ4v) is 1.69. The smallest absolute Gasteiger partial charge is 0.338 e. The molecule has 116 valence electrons.